The Morgan fingerprint density at radius 2 is 1.35 bits per heavy atom. The van der Waals surface area contributed by atoms with Crippen LogP contribution in [0.25, 0.3) is 0 Å². The van der Waals surface area contributed by atoms with Crippen molar-refractivity contribution in [3.8, 4) is 0 Å². The maximum absolute atomic E-state index is 12.6. The second kappa shape index (κ2) is 4.80. The summed E-state index contributed by atoms with van der Waals surface area (Å²) < 4.78 is 98.0. The van der Waals surface area contributed by atoms with Gasteiger partial charge in [-0.1, -0.05) is 0 Å². The molecule has 0 aromatic carbocycles. The van der Waals surface area contributed by atoms with Crippen molar-refractivity contribution in [2.45, 2.75) is 18.2 Å². The SMILES string of the molecule is FC(F)(F)C(F)(F)C(F)(F)O[p+]1npnpn1. The standard InChI is InChI=1S/C3F7N3OP3/c4-1(5,2(6,7)8)3(9,10)14-17-12-15-11-16-13-17/q+1. The van der Waals surface area contributed by atoms with Gasteiger partial charge in [0.1, 0.15) is 0 Å². The Bertz CT molecular complexity index is 385. The lowest BCUT2D eigenvalue weighted by molar-refractivity contribution is -0.394. The van der Waals surface area contributed by atoms with Crippen LogP contribution in [-0.4, -0.2) is 31.7 Å². The van der Waals surface area contributed by atoms with Gasteiger partial charge in [0.2, 0.25) is 0 Å². The van der Waals surface area contributed by atoms with E-state index in [2.05, 4.69) is 18.1 Å². The van der Waals surface area contributed by atoms with Crippen LogP contribution in [0, 0.1) is 0 Å². The molecular formula is C3F7N3OP3+. The smallest absolute Gasteiger partial charge is 0.186 e. The van der Waals surface area contributed by atoms with E-state index in [0.29, 0.717) is 0 Å². The van der Waals surface area contributed by atoms with E-state index in [1.807, 2.05) is 0 Å². The minimum atomic E-state index is -6.43. The zero-order valence-corrected chi connectivity index (χ0v) is 9.92. The van der Waals surface area contributed by atoms with Gasteiger partial charge in [-0.3, -0.25) is 0 Å². The van der Waals surface area contributed by atoms with Crippen molar-refractivity contribution in [3.63, 3.8) is 0 Å². The number of halogens is 7. The van der Waals surface area contributed by atoms with Crippen molar-refractivity contribution in [3.05, 3.63) is 0 Å². The molecule has 1 aromatic heterocycles. The summed E-state index contributed by atoms with van der Waals surface area (Å²) in [6.45, 7) is 0. The van der Waals surface area contributed by atoms with E-state index in [-0.39, 0.29) is 17.0 Å². The molecule has 14 heteroatoms. The van der Waals surface area contributed by atoms with E-state index < -0.39 is 26.3 Å². The molecule has 0 N–H and O–H groups in total. The third-order valence-corrected chi connectivity index (χ3v) is 4.13. The van der Waals surface area contributed by atoms with Crippen molar-refractivity contribution in [2.75, 3.05) is 0 Å². The van der Waals surface area contributed by atoms with Crippen molar-refractivity contribution in [1.82, 2.24) is 13.5 Å². The minimum absolute atomic E-state index is 0.112. The molecule has 0 saturated heterocycles. The van der Waals surface area contributed by atoms with Gasteiger partial charge in [-0.25, -0.2) is 0 Å². The average Bonchev–Trinajstić information content (AvgIpc) is 2.16. The maximum atomic E-state index is 12.6. The summed E-state index contributed by atoms with van der Waals surface area (Å²) in [6, 6.07) is 0. The lowest BCUT2D eigenvalue weighted by Crippen LogP contribution is -2.54. The van der Waals surface area contributed by atoms with Crippen molar-refractivity contribution in [1.29, 1.82) is 0 Å². The predicted octanol–water partition coefficient (Wildman–Crippen LogP) is 3.52. The zero-order chi connectivity index (χ0) is 13.3. The van der Waals surface area contributed by atoms with Crippen LogP contribution in [0.1, 0.15) is 0 Å². The van der Waals surface area contributed by atoms with Gasteiger partial charge in [-0.05, 0) is 13.5 Å². The molecule has 0 aliphatic rings. The van der Waals surface area contributed by atoms with Crippen LogP contribution in [-0.2, 0) is 0 Å². The lowest BCUT2D eigenvalue weighted by atomic mass is 10.3. The quantitative estimate of drug-likeness (QED) is 0.800. The molecule has 4 nitrogen and oxygen atoms in total. The van der Waals surface area contributed by atoms with E-state index in [9.17, 15) is 30.7 Å². The van der Waals surface area contributed by atoms with E-state index in [4.69, 9.17) is 0 Å². The fourth-order valence-corrected chi connectivity index (χ4v) is 3.20. The predicted molar refractivity (Wildman–Crippen MR) is 44.5 cm³/mol. The molecule has 0 aliphatic carbocycles. The number of hydrogen-bond acceptors (Lipinski definition) is 4. The van der Waals surface area contributed by atoms with Gasteiger partial charge in [0.05, 0.1) is 0 Å². The topological polar surface area (TPSA) is 47.9 Å². The van der Waals surface area contributed by atoms with Crippen LogP contribution in [0.15, 0.2) is 0 Å². The lowest BCUT2D eigenvalue weighted by Gasteiger charge is -2.24. The van der Waals surface area contributed by atoms with Gasteiger partial charge in [0.25, 0.3) is 0 Å². The maximum Gasteiger partial charge on any atom is 0.462 e. The number of nitrogens with zero attached hydrogens (tertiary/aromatic N) is 3. The van der Waals surface area contributed by atoms with Gasteiger partial charge in [-0.2, -0.15) is 35.3 Å². The Balaban J connectivity index is 2.96. The average molecular weight is 320 g/mol. The van der Waals surface area contributed by atoms with Crippen LogP contribution < -0.4 is 4.52 Å². The molecule has 0 radical (unpaired) electrons. The molecular weight excluding hydrogens is 320 g/mol. The molecule has 1 heterocycles. The highest BCUT2D eigenvalue weighted by molar-refractivity contribution is 7.50. The van der Waals surface area contributed by atoms with Crippen LogP contribution >= 0.6 is 25.1 Å². The first kappa shape index (κ1) is 14.8. The molecule has 0 bridgehead atoms. The molecule has 17 heavy (non-hydrogen) atoms. The molecule has 1 aromatic rings. The summed E-state index contributed by atoms with van der Waals surface area (Å²) >= 11 is 0. The molecule has 96 valence electrons. The Morgan fingerprint density at radius 3 is 1.76 bits per heavy atom. The molecule has 0 aliphatic heterocycles. The Labute approximate surface area is 93.0 Å². The normalized spacial score (nSPS) is 15.8. The summed E-state index contributed by atoms with van der Waals surface area (Å²) in [5, 5.41) is 0. The second-order valence-corrected chi connectivity index (χ2v) is 5.57. The highest BCUT2D eigenvalue weighted by Crippen LogP contribution is 2.47. The molecule has 0 spiro atoms. The largest absolute Gasteiger partial charge is 0.462 e. The number of rotatable bonds is 3. The first-order chi connectivity index (χ1) is 7.58. The van der Waals surface area contributed by atoms with Crippen molar-refractivity contribution >= 4 is 25.1 Å². The number of aromatic nitrogens is 3. The van der Waals surface area contributed by atoms with E-state index in [1.165, 1.54) is 0 Å². The molecule has 0 atom stereocenters. The molecule has 0 saturated carbocycles. The first-order valence-electron chi connectivity index (χ1n) is 3.41. The van der Waals surface area contributed by atoms with Gasteiger partial charge < -0.3 is 0 Å². The minimum Gasteiger partial charge on any atom is -0.186 e. The summed E-state index contributed by atoms with van der Waals surface area (Å²) in [5.41, 5.74) is 0. The van der Waals surface area contributed by atoms with Crippen LogP contribution in [0.3, 0.4) is 0 Å². The van der Waals surface area contributed by atoms with Crippen LogP contribution in [0.4, 0.5) is 30.7 Å². The summed E-state index contributed by atoms with van der Waals surface area (Å²) in [5.74, 6) is -6.31. The Hall–Kier alpha value is -0.230. The summed E-state index contributed by atoms with van der Waals surface area (Å²) in [4.78, 5) is 0. The highest BCUT2D eigenvalue weighted by Gasteiger charge is 2.75. The van der Waals surface area contributed by atoms with Crippen LogP contribution in [0.2, 0.25) is 0 Å². The summed E-state index contributed by atoms with van der Waals surface area (Å²) in [6.07, 6.45) is -12.2. The monoisotopic (exact) mass is 320 g/mol. The molecule has 0 unspecified atom stereocenters. The molecule has 1 rings (SSSR count). The van der Waals surface area contributed by atoms with E-state index in [1.54, 1.807) is 0 Å². The summed E-state index contributed by atoms with van der Waals surface area (Å²) in [7, 11) is -2.99. The van der Waals surface area contributed by atoms with Gasteiger partial charge >= 0.3 is 43.3 Å². The second-order valence-electron chi connectivity index (χ2n) is 2.38. The Kier molecular flexibility index (Phi) is 4.19. The molecule has 0 fully saturated rings. The number of hydrogen-bond donors (Lipinski definition) is 0. The number of alkyl halides is 7. The van der Waals surface area contributed by atoms with Gasteiger partial charge in [-0.15, -0.1) is 0 Å². The van der Waals surface area contributed by atoms with Crippen LogP contribution in [0.5, 0.6) is 0 Å². The van der Waals surface area contributed by atoms with E-state index >= 15 is 0 Å². The molecule has 0 amide bonds. The first-order valence-corrected chi connectivity index (χ1v) is 6.17. The third kappa shape index (κ3) is 3.16. The highest BCUT2D eigenvalue weighted by atomic mass is 31.2. The third-order valence-electron chi connectivity index (χ3n) is 1.23. The van der Waals surface area contributed by atoms with Crippen molar-refractivity contribution in [2.24, 2.45) is 0 Å². The van der Waals surface area contributed by atoms with Crippen molar-refractivity contribution < 1.29 is 35.3 Å². The fourth-order valence-electron chi connectivity index (χ4n) is 0.501. The zero-order valence-electron chi connectivity index (χ0n) is 7.24. The Morgan fingerprint density at radius 1 is 0.882 bits per heavy atom. The van der Waals surface area contributed by atoms with Gasteiger partial charge in [0, 0.05) is 0 Å². The van der Waals surface area contributed by atoms with Gasteiger partial charge in [0.15, 0.2) is 0 Å². The fraction of sp³-hybridized carbons (Fsp3) is 1.00. The van der Waals surface area contributed by atoms with E-state index in [0.717, 1.165) is 0 Å².